The van der Waals surface area contributed by atoms with E-state index >= 15 is 0 Å². The van der Waals surface area contributed by atoms with Crippen molar-refractivity contribution in [2.45, 2.75) is 31.6 Å². The van der Waals surface area contributed by atoms with Gasteiger partial charge in [-0.05, 0) is 18.4 Å². The average Bonchev–Trinajstić information content (AvgIpc) is 2.54. The molecule has 0 saturated carbocycles. The molecule has 0 bridgehead atoms. The van der Waals surface area contributed by atoms with Crippen LogP contribution in [-0.2, 0) is 4.79 Å². The van der Waals surface area contributed by atoms with Gasteiger partial charge in [0.2, 0.25) is 5.91 Å². The van der Waals surface area contributed by atoms with Crippen LogP contribution in [0.25, 0.3) is 11.3 Å². The molecular weight excluding hydrogens is 300 g/mol. The Morgan fingerprint density at radius 3 is 2.86 bits per heavy atom. The summed E-state index contributed by atoms with van der Waals surface area (Å²) in [6.07, 6.45) is 1.84. The highest BCUT2D eigenvalue weighted by atomic mass is 32.2. The van der Waals surface area contributed by atoms with Crippen LogP contribution in [-0.4, -0.2) is 22.2 Å². The van der Waals surface area contributed by atoms with Crippen LogP contribution >= 0.6 is 11.8 Å². The molecule has 22 heavy (non-hydrogen) atoms. The molecule has 1 aliphatic rings. The summed E-state index contributed by atoms with van der Waals surface area (Å²) >= 11 is 1.31. The van der Waals surface area contributed by atoms with Crippen LogP contribution in [0.3, 0.4) is 0 Å². The van der Waals surface area contributed by atoms with Crippen molar-refractivity contribution in [2.24, 2.45) is 0 Å². The molecule has 2 heterocycles. The number of nitrogens with zero attached hydrogens (tertiary/aromatic N) is 4. The fourth-order valence-corrected chi connectivity index (χ4v) is 3.05. The molecule has 0 fully saturated rings. The number of amides is 1. The van der Waals surface area contributed by atoms with Crippen LogP contribution in [0.15, 0.2) is 29.4 Å². The Morgan fingerprint density at radius 1 is 1.45 bits per heavy atom. The van der Waals surface area contributed by atoms with E-state index in [0.29, 0.717) is 22.8 Å². The third-order valence-corrected chi connectivity index (χ3v) is 4.26. The first-order valence-corrected chi connectivity index (χ1v) is 8.27. The minimum atomic E-state index is -0.362. The summed E-state index contributed by atoms with van der Waals surface area (Å²) in [6.45, 7) is 3.69. The summed E-state index contributed by atoms with van der Waals surface area (Å²) in [5, 5.41) is 17.2. The van der Waals surface area contributed by atoms with Gasteiger partial charge in [-0.1, -0.05) is 35.5 Å². The molecule has 0 N–H and O–H groups in total. The highest BCUT2D eigenvalue weighted by molar-refractivity contribution is 7.98. The highest BCUT2D eigenvalue weighted by Gasteiger charge is 2.40. The first kappa shape index (κ1) is 14.8. The average molecular weight is 316 g/mol. The van der Waals surface area contributed by atoms with Gasteiger partial charge in [-0.15, -0.1) is 0 Å². The van der Waals surface area contributed by atoms with E-state index < -0.39 is 0 Å². The zero-order valence-electron chi connectivity index (χ0n) is 12.6. The van der Waals surface area contributed by atoms with Gasteiger partial charge >= 0.3 is 0 Å². The first-order valence-electron chi connectivity index (χ1n) is 7.04. The fourth-order valence-electron chi connectivity index (χ4n) is 2.71. The lowest BCUT2D eigenvalue weighted by Gasteiger charge is -2.31. The van der Waals surface area contributed by atoms with Crippen molar-refractivity contribution in [3.05, 3.63) is 24.3 Å². The zero-order chi connectivity index (χ0) is 15.9. The van der Waals surface area contributed by atoms with Gasteiger partial charge in [-0.25, -0.2) is 4.98 Å². The fraction of sp³-hybridized carbons (Fsp3) is 0.333. The van der Waals surface area contributed by atoms with Gasteiger partial charge < -0.3 is 5.11 Å². The molecule has 1 aromatic carbocycles. The zero-order valence-corrected chi connectivity index (χ0v) is 13.4. The molecule has 1 aliphatic heterocycles. The van der Waals surface area contributed by atoms with Crippen LogP contribution < -0.4 is 14.7 Å². The normalized spacial score (nSPS) is 16.1. The second kappa shape index (κ2) is 5.57. The smallest absolute Gasteiger partial charge is 0.263 e. The molecular formula is C15H16N4O2S. The predicted molar refractivity (Wildman–Crippen MR) is 81.4 cm³/mol. The molecule has 1 unspecified atom stereocenters. The van der Waals surface area contributed by atoms with Gasteiger partial charge in [0, 0.05) is 18.4 Å². The molecule has 1 atom stereocenters. The molecule has 114 valence electrons. The van der Waals surface area contributed by atoms with E-state index in [1.165, 1.54) is 11.8 Å². The monoisotopic (exact) mass is 316 g/mol. The summed E-state index contributed by atoms with van der Waals surface area (Å²) in [5.74, 6) is -0.322. The predicted octanol–water partition coefficient (Wildman–Crippen LogP) is 1.50. The molecule has 0 saturated heterocycles. The largest absolute Gasteiger partial charge is 0.854 e. The van der Waals surface area contributed by atoms with Crippen LogP contribution in [0.1, 0.15) is 26.4 Å². The van der Waals surface area contributed by atoms with Gasteiger partial charge in [-0.3, -0.25) is 9.69 Å². The maximum Gasteiger partial charge on any atom is 0.263 e. The Balaban J connectivity index is 2.30. The number of hydrogen-bond acceptors (Lipinski definition) is 5. The molecule has 0 spiro atoms. The number of anilines is 1. The maximum atomic E-state index is 12.4. The Morgan fingerprint density at radius 2 is 2.18 bits per heavy atom. The third kappa shape index (κ3) is 2.12. The van der Waals surface area contributed by atoms with E-state index in [1.807, 2.05) is 44.4 Å². The Hall–Kier alpha value is -2.15. The summed E-state index contributed by atoms with van der Waals surface area (Å²) in [5.41, 5.74) is 1.86. The number of carbonyl (C=O) groups is 1. The van der Waals surface area contributed by atoms with Crippen molar-refractivity contribution in [1.82, 2.24) is 10.1 Å². The highest BCUT2D eigenvalue weighted by Crippen LogP contribution is 2.38. The molecule has 0 radical (unpaired) electrons. The van der Waals surface area contributed by atoms with E-state index in [-0.39, 0.29) is 18.0 Å². The molecule has 2 aromatic rings. The number of para-hydroxylation sites is 1. The number of hydrogen-bond donors (Lipinski definition) is 0. The molecule has 6 nitrogen and oxygen atoms in total. The topological polar surface area (TPSA) is 73.0 Å². The summed E-state index contributed by atoms with van der Waals surface area (Å²) in [6, 6.07) is 7.38. The molecule has 1 amide bonds. The van der Waals surface area contributed by atoms with Crippen molar-refractivity contribution >= 4 is 23.4 Å². The minimum absolute atomic E-state index is 0.00476. The lowest BCUT2D eigenvalue weighted by atomic mass is 10.0. The van der Waals surface area contributed by atoms with Crippen molar-refractivity contribution in [2.75, 3.05) is 11.2 Å². The maximum absolute atomic E-state index is 12.4. The standard InChI is InChI=1S/C15H16N4O2S/c1-4-12(20)18-9(2)19-13(10-7-5-6-8-11(10)18)14(21)16-15(17-19)22-3/h5-9H,4H2,1-3H3. The summed E-state index contributed by atoms with van der Waals surface area (Å²) in [7, 11) is 0. The molecule has 1 aromatic heterocycles. The minimum Gasteiger partial charge on any atom is -0.854 e. The van der Waals surface area contributed by atoms with Gasteiger partial charge in [0.25, 0.3) is 17.0 Å². The molecule has 3 rings (SSSR count). The Bertz CT molecular complexity index is 750. The number of fused-ring (bicyclic) bond motifs is 3. The lowest BCUT2D eigenvalue weighted by Crippen LogP contribution is -2.57. The number of benzene rings is 1. The van der Waals surface area contributed by atoms with Crippen molar-refractivity contribution in [3.8, 4) is 17.1 Å². The second-order valence-electron chi connectivity index (χ2n) is 4.96. The van der Waals surface area contributed by atoms with Gasteiger partial charge in [0.15, 0.2) is 0 Å². The van der Waals surface area contributed by atoms with Crippen LogP contribution in [0.5, 0.6) is 5.88 Å². The first-order chi connectivity index (χ1) is 10.6. The van der Waals surface area contributed by atoms with Gasteiger partial charge in [0.05, 0.1) is 17.1 Å². The quantitative estimate of drug-likeness (QED) is 0.620. The van der Waals surface area contributed by atoms with E-state index in [9.17, 15) is 9.90 Å². The number of rotatable bonds is 2. The van der Waals surface area contributed by atoms with E-state index in [0.717, 1.165) is 5.69 Å². The van der Waals surface area contributed by atoms with Crippen LogP contribution in [0, 0.1) is 0 Å². The molecule has 0 aliphatic carbocycles. The Labute approximate surface area is 132 Å². The summed E-state index contributed by atoms with van der Waals surface area (Å²) < 4.78 is 1.61. The van der Waals surface area contributed by atoms with Crippen molar-refractivity contribution in [3.63, 3.8) is 0 Å². The number of aromatic nitrogens is 3. The summed E-state index contributed by atoms with van der Waals surface area (Å²) in [4.78, 5) is 18.1. The van der Waals surface area contributed by atoms with E-state index in [2.05, 4.69) is 10.1 Å². The second-order valence-corrected chi connectivity index (χ2v) is 5.74. The van der Waals surface area contributed by atoms with E-state index in [4.69, 9.17) is 0 Å². The van der Waals surface area contributed by atoms with Crippen molar-refractivity contribution < 1.29 is 14.6 Å². The van der Waals surface area contributed by atoms with Gasteiger partial charge in [0.1, 0.15) is 0 Å². The van der Waals surface area contributed by atoms with Crippen LogP contribution in [0.2, 0.25) is 0 Å². The van der Waals surface area contributed by atoms with E-state index in [1.54, 1.807) is 9.58 Å². The molecule has 7 heteroatoms. The third-order valence-electron chi connectivity index (χ3n) is 3.72. The SMILES string of the molecule is CCC(=O)N1c2ccccc2-c2c([O-])nc(SC)n[n+]2C1C. The van der Waals surface area contributed by atoms with Crippen LogP contribution in [0.4, 0.5) is 5.69 Å². The number of carbonyl (C=O) groups excluding carboxylic acids is 1. The van der Waals surface area contributed by atoms with Crippen molar-refractivity contribution in [1.29, 1.82) is 0 Å². The number of thioether (sulfide) groups is 1. The lowest BCUT2D eigenvalue weighted by molar-refractivity contribution is -0.769. The van der Waals surface area contributed by atoms with Gasteiger partial charge in [-0.2, -0.15) is 0 Å². The Kier molecular flexibility index (Phi) is 3.74.